The summed E-state index contributed by atoms with van der Waals surface area (Å²) in [4.78, 5) is 37.5. The van der Waals surface area contributed by atoms with Crippen molar-refractivity contribution < 1.29 is 23.5 Å². The van der Waals surface area contributed by atoms with Crippen LogP contribution in [0.3, 0.4) is 0 Å². The zero-order valence-corrected chi connectivity index (χ0v) is 16.1. The van der Waals surface area contributed by atoms with Crippen LogP contribution >= 0.6 is 11.3 Å². The number of thiazole rings is 1. The summed E-state index contributed by atoms with van der Waals surface area (Å²) in [7, 11) is 0. The van der Waals surface area contributed by atoms with Gasteiger partial charge in [0.1, 0.15) is 16.3 Å². The summed E-state index contributed by atoms with van der Waals surface area (Å²) < 4.78 is 16.5. The molecule has 0 aliphatic carbocycles. The molecule has 0 unspecified atom stereocenters. The maximum Gasteiger partial charge on any atom is 0.359 e. The normalized spacial score (nSPS) is 10.8. The molecule has 9 heteroatoms. The zero-order chi connectivity index (χ0) is 20.2. The van der Waals surface area contributed by atoms with E-state index in [2.05, 4.69) is 15.0 Å². The van der Waals surface area contributed by atoms with E-state index < -0.39 is 11.9 Å². The first-order valence-corrected chi connectivity index (χ1v) is 9.56. The standard InChI is InChI=1S/C20H15N3O5S/c1-2-26-19(24)12-7-10-27-14(12)11-28-20(25)17-16(21-8-9-22-17)18-23-13-5-3-4-6-15(13)29-18/h3-10H,2,11H2,1H3. The van der Waals surface area contributed by atoms with E-state index >= 15 is 0 Å². The molecule has 0 saturated carbocycles. The van der Waals surface area contributed by atoms with Crippen LogP contribution in [0.2, 0.25) is 0 Å². The van der Waals surface area contributed by atoms with Gasteiger partial charge in [-0.3, -0.25) is 0 Å². The Kier molecular flexibility index (Phi) is 5.30. The van der Waals surface area contributed by atoms with Crippen LogP contribution in [-0.4, -0.2) is 33.5 Å². The molecule has 0 aliphatic rings. The molecule has 0 spiro atoms. The highest BCUT2D eigenvalue weighted by atomic mass is 32.1. The van der Waals surface area contributed by atoms with E-state index in [1.807, 2.05) is 24.3 Å². The highest BCUT2D eigenvalue weighted by Crippen LogP contribution is 2.30. The molecule has 3 aromatic heterocycles. The fraction of sp³-hybridized carbons (Fsp3) is 0.150. The van der Waals surface area contributed by atoms with Crippen molar-refractivity contribution in [3.8, 4) is 10.7 Å². The van der Waals surface area contributed by atoms with E-state index in [4.69, 9.17) is 13.9 Å². The number of nitrogens with zero attached hydrogens (tertiary/aromatic N) is 3. The van der Waals surface area contributed by atoms with E-state index in [1.165, 1.54) is 36.1 Å². The highest BCUT2D eigenvalue weighted by molar-refractivity contribution is 7.21. The Morgan fingerprint density at radius 3 is 2.72 bits per heavy atom. The first-order valence-electron chi connectivity index (χ1n) is 8.75. The van der Waals surface area contributed by atoms with Gasteiger partial charge in [-0.15, -0.1) is 11.3 Å². The first-order chi connectivity index (χ1) is 14.2. The number of hydrogen-bond donors (Lipinski definition) is 0. The van der Waals surface area contributed by atoms with E-state index in [-0.39, 0.29) is 30.2 Å². The monoisotopic (exact) mass is 409 g/mol. The van der Waals surface area contributed by atoms with Gasteiger partial charge < -0.3 is 13.9 Å². The highest BCUT2D eigenvalue weighted by Gasteiger charge is 2.22. The number of aromatic nitrogens is 3. The van der Waals surface area contributed by atoms with Crippen LogP contribution in [0.5, 0.6) is 0 Å². The third kappa shape index (κ3) is 3.85. The number of fused-ring (bicyclic) bond motifs is 1. The molecule has 4 aromatic rings. The molecule has 0 radical (unpaired) electrons. The number of para-hydroxylation sites is 1. The largest absolute Gasteiger partial charge is 0.465 e. The number of benzene rings is 1. The van der Waals surface area contributed by atoms with Crippen molar-refractivity contribution in [1.82, 2.24) is 15.0 Å². The van der Waals surface area contributed by atoms with E-state index in [9.17, 15) is 9.59 Å². The molecule has 0 aliphatic heterocycles. The molecule has 3 heterocycles. The van der Waals surface area contributed by atoms with Crippen LogP contribution in [0.25, 0.3) is 20.9 Å². The minimum atomic E-state index is -0.696. The van der Waals surface area contributed by atoms with Gasteiger partial charge in [-0.05, 0) is 25.1 Å². The Morgan fingerprint density at radius 2 is 1.90 bits per heavy atom. The average Bonchev–Trinajstić information content (AvgIpc) is 3.39. The summed E-state index contributed by atoms with van der Waals surface area (Å²) in [5, 5.41) is 0.566. The van der Waals surface area contributed by atoms with Crippen LogP contribution in [0, 0.1) is 0 Å². The number of ether oxygens (including phenoxy) is 2. The predicted octanol–water partition coefficient (Wildman–Crippen LogP) is 3.88. The van der Waals surface area contributed by atoms with Gasteiger partial charge in [0.15, 0.2) is 18.1 Å². The lowest BCUT2D eigenvalue weighted by Gasteiger charge is -2.06. The summed E-state index contributed by atoms with van der Waals surface area (Å²) >= 11 is 1.41. The molecule has 8 nitrogen and oxygen atoms in total. The number of rotatable bonds is 6. The van der Waals surface area contributed by atoms with Crippen molar-refractivity contribution in [3.05, 3.63) is 66.0 Å². The molecule has 0 saturated heterocycles. The second-order valence-corrected chi connectivity index (χ2v) is 6.83. The second-order valence-electron chi connectivity index (χ2n) is 5.79. The number of carbonyl (C=O) groups excluding carboxylic acids is 2. The van der Waals surface area contributed by atoms with Crippen molar-refractivity contribution in [2.24, 2.45) is 0 Å². The average molecular weight is 409 g/mol. The van der Waals surface area contributed by atoms with Crippen LogP contribution in [-0.2, 0) is 16.1 Å². The van der Waals surface area contributed by atoms with Crippen molar-refractivity contribution in [2.45, 2.75) is 13.5 Å². The molecule has 146 valence electrons. The quantitative estimate of drug-likeness (QED) is 0.442. The van der Waals surface area contributed by atoms with Gasteiger partial charge in [-0.1, -0.05) is 12.1 Å². The molecule has 0 N–H and O–H groups in total. The molecule has 0 bridgehead atoms. The smallest absolute Gasteiger partial charge is 0.359 e. The Labute approximate surface area is 169 Å². The Bertz CT molecular complexity index is 1150. The lowest BCUT2D eigenvalue weighted by molar-refractivity contribution is 0.0417. The minimum Gasteiger partial charge on any atom is -0.465 e. The molecule has 0 fully saturated rings. The van der Waals surface area contributed by atoms with Gasteiger partial charge in [-0.2, -0.15) is 0 Å². The molecule has 4 rings (SSSR count). The lowest BCUT2D eigenvalue weighted by Crippen LogP contribution is -2.12. The van der Waals surface area contributed by atoms with E-state index in [0.717, 1.165) is 10.2 Å². The van der Waals surface area contributed by atoms with Crippen LogP contribution in [0.4, 0.5) is 0 Å². The van der Waals surface area contributed by atoms with Gasteiger partial charge >= 0.3 is 11.9 Å². The minimum absolute atomic E-state index is 0.0378. The first kappa shape index (κ1) is 18.8. The van der Waals surface area contributed by atoms with Gasteiger partial charge in [0.2, 0.25) is 0 Å². The summed E-state index contributed by atoms with van der Waals surface area (Å²) in [6, 6.07) is 9.11. The van der Waals surface area contributed by atoms with Gasteiger partial charge in [0.05, 0.1) is 23.1 Å². The molecular weight excluding hydrogens is 394 g/mol. The third-order valence-electron chi connectivity index (χ3n) is 3.96. The maximum absolute atomic E-state index is 12.7. The Hall–Kier alpha value is -3.59. The van der Waals surface area contributed by atoms with Crippen molar-refractivity contribution in [2.75, 3.05) is 6.61 Å². The SMILES string of the molecule is CCOC(=O)c1ccoc1COC(=O)c1nccnc1-c1nc2ccccc2s1. The Balaban J connectivity index is 1.56. The van der Waals surface area contributed by atoms with E-state index in [0.29, 0.717) is 10.7 Å². The van der Waals surface area contributed by atoms with E-state index in [1.54, 1.807) is 6.92 Å². The summed E-state index contributed by atoms with van der Waals surface area (Å²) in [6.07, 6.45) is 4.23. The van der Waals surface area contributed by atoms with Crippen LogP contribution < -0.4 is 0 Å². The fourth-order valence-corrected chi connectivity index (χ4v) is 3.62. The number of carbonyl (C=O) groups is 2. The lowest BCUT2D eigenvalue weighted by atomic mass is 10.2. The molecule has 29 heavy (non-hydrogen) atoms. The zero-order valence-electron chi connectivity index (χ0n) is 15.3. The summed E-state index contributed by atoms with van der Waals surface area (Å²) in [5.41, 5.74) is 1.40. The van der Waals surface area contributed by atoms with Crippen molar-refractivity contribution in [1.29, 1.82) is 0 Å². The number of furan rings is 1. The van der Waals surface area contributed by atoms with Crippen molar-refractivity contribution >= 4 is 33.5 Å². The van der Waals surface area contributed by atoms with Gasteiger partial charge in [-0.25, -0.2) is 24.5 Å². The van der Waals surface area contributed by atoms with Crippen LogP contribution in [0.1, 0.15) is 33.5 Å². The topological polar surface area (TPSA) is 104 Å². The maximum atomic E-state index is 12.7. The predicted molar refractivity (Wildman–Crippen MR) is 104 cm³/mol. The molecule has 0 amide bonds. The molecular formula is C20H15N3O5S. The van der Waals surface area contributed by atoms with Gasteiger partial charge in [0.25, 0.3) is 0 Å². The number of esters is 2. The second kappa shape index (κ2) is 8.19. The summed E-state index contributed by atoms with van der Waals surface area (Å²) in [6.45, 7) is 1.69. The Morgan fingerprint density at radius 1 is 1.07 bits per heavy atom. The molecule has 0 atom stereocenters. The third-order valence-corrected chi connectivity index (χ3v) is 5.01. The summed E-state index contributed by atoms with van der Waals surface area (Å²) in [5.74, 6) is -1.04. The van der Waals surface area contributed by atoms with Gasteiger partial charge in [0, 0.05) is 12.4 Å². The van der Waals surface area contributed by atoms with Crippen LogP contribution in [0.15, 0.2) is 53.4 Å². The molecule has 1 aromatic carbocycles. The van der Waals surface area contributed by atoms with Crippen molar-refractivity contribution in [3.63, 3.8) is 0 Å². The number of hydrogen-bond acceptors (Lipinski definition) is 9. The fourth-order valence-electron chi connectivity index (χ4n) is 2.66.